The Morgan fingerprint density at radius 3 is 2.48 bits per heavy atom. The van der Waals surface area contributed by atoms with Gasteiger partial charge in [0.2, 0.25) is 0 Å². The van der Waals surface area contributed by atoms with Gasteiger partial charge < -0.3 is 19.4 Å². The van der Waals surface area contributed by atoms with Crippen LogP contribution in [0, 0.1) is 12.3 Å². The Kier molecular flexibility index (Phi) is 7.63. The molecule has 0 unspecified atom stereocenters. The molecule has 0 saturated carbocycles. The third-order valence-electron chi connectivity index (χ3n) is 5.96. The van der Waals surface area contributed by atoms with Crippen LogP contribution in [-0.2, 0) is 4.74 Å². The minimum Gasteiger partial charge on any atom is -0.436 e. The number of nitrogens with zero attached hydrogens (tertiary/aromatic N) is 4. The molecule has 0 aliphatic carbocycles. The third-order valence-corrected chi connectivity index (χ3v) is 7.70. The monoisotopic (exact) mass is 506 g/mol. The fourth-order valence-electron chi connectivity index (χ4n) is 4.09. The fourth-order valence-corrected chi connectivity index (χ4v) is 5.35. The summed E-state index contributed by atoms with van der Waals surface area (Å²) in [6.07, 6.45) is 6.33. The molecule has 7 nitrogen and oxygen atoms in total. The van der Waals surface area contributed by atoms with Crippen LogP contribution in [-0.4, -0.2) is 72.7 Å². The second kappa shape index (κ2) is 10.6. The predicted octanol–water partition coefficient (Wildman–Crippen LogP) is 4.36. The lowest BCUT2D eigenvalue weighted by Gasteiger charge is -2.36. The molecular weight excluding hydrogens is 483 g/mol. The molecule has 0 spiro atoms. The number of halogens is 2. The Bertz CT molecular complexity index is 1050. The third kappa shape index (κ3) is 5.55. The summed E-state index contributed by atoms with van der Waals surface area (Å²) in [6, 6.07) is 5.59. The van der Waals surface area contributed by atoms with Gasteiger partial charge in [0, 0.05) is 56.3 Å². The molecule has 2 fully saturated rings. The van der Waals surface area contributed by atoms with Crippen molar-refractivity contribution in [3.8, 4) is 12.3 Å². The summed E-state index contributed by atoms with van der Waals surface area (Å²) in [5, 5.41) is 3.85. The summed E-state index contributed by atoms with van der Waals surface area (Å²) in [5.74, 6) is 2.50. The van der Waals surface area contributed by atoms with Gasteiger partial charge in [-0.05, 0) is 31.0 Å². The van der Waals surface area contributed by atoms with Crippen molar-refractivity contribution in [2.45, 2.75) is 18.8 Å². The topological polar surface area (TPSA) is 66.0 Å². The van der Waals surface area contributed by atoms with Gasteiger partial charge >= 0.3 is 6.09 Å². The summed E-state index contributed by atoms with van der Waals surface area (Å²) >= 11 is 13.7. The lowest BCUT2D eigenvalue weighted by Crippen LogP contribution is -2.48. The van der Waals surface area contributed by atoms with E-state index in [1.807, 2.05) is 22.4 Å². The number of hydrogen-bond donors (Lipinski definition) is 0. The maximum Gasteiger partial charge on any atom is 0.410 e. The number of thiazole rings is 1. The minimum atomic E-state index is -0.374. The highest BCUT2D eigenvalue weighted by molar-refractivity contribution is 7.09. The van der Waals surface area contributed by atoms with E-state index in [2.05, 4.69) is 15.8 Å². The lowest BCUT2D eigenvalue weighted by atomic mass is 9.98. The number of hydrogen-bond acceptors (Lipinski definition) is 6. The van der Waals surface area contributed by atoms with Crippen molar-refractivity contribution in [3.63, 3.8) is 0 Å². The van der Waals surface area contributed by atoms with E-state index < -0.39 is 0 Å². The second-order valence-corrected chi connectivity index (χ2v) is 9.67. The molecule has 3 heterocycles. The molecule has 2 aliphatic rings. The van der Waals surface area contributed by atoms with E-state index in [1.165, 1.54) is 11.3 Å². The molecule has 0 radical (unpaired) electrons. The summed E-state index contributed by atoms with van der Waals surface area (Å²) in [6.45, 7) is 3.83. The Morgan fingerprint density at radius 2 is 1.82 bits per heavy atom. The smallest absolute Gasteiger partial charge is 0.410 e. The zero-order chi connectivity index (χ0) is 23.4. The van der Waals surface area contributed by atoms with Crippen molar-refractivity contribution < 1.29 is 14.3 Å². The average Bonchev–Trinajstić information content (AvgIpc) is 3.34. The first-order valence-corrected chi connectivity index (χ1v) is 12.4. The Hall–Kier alpha value is -2.47. The number of rotatable bonds is 4. The molecule has 0 N–H and O–H groups in total. The molecule has 174 valence electrons. The van der Waals surface area contributed by atoms with E-state index in [1.54, 1.807) is 11.0 Å². The number of benzene rings is 1. The number of ether oxygens (including phenoxy) is 1. The first kappa shape index (κ1) is 23.7. The Balaban J connectivity index is 1.29. The van der Waals surface area contributed by atoms with Crippen LogP contribution >= 0.6 is 34.5 Å². The highest BCUT2D eigenvalue weighted by Crippen LogP contribution is 2.31. The van der Waals surface area contributed by atoms with Gasteiger partial charge in [-0.3, -0.25) is 4.79 Å². The number of carbonyl (C=O) groups is 2. The van der Waals surface area contributed by atoms with Gasteiger partial charge in [0.05, 0.1) is 15.1 Å². The molecule has 0 atom stereocenters. The number of anilines is 1. The SMILES string of the molecule is C#CCOC(=O)N1CCC(c2nc(C(=O)N3CCN(c4ccc(Cl)c(Cl)c4)CC3)cs2)CC1. The lowest BCUT2D eigenvalue weighted by molar-refractivity contribution is 0.0741. The van der Waals surface area contributed by atoms with E-state index >= 15 is 0 Å². The van der Waals surface area contributed by atoms with Gasteiger partial charge in [-0.1, -0.05) is 29.1 Å². The molecule has 2 aromatic rings. The van der Waals surface area contributed by atoms with Crippen molar-refractivity contribution in [1.29, 1.82) is 0 Å². The predicted molar refractivity (Wildman–Crippen MR) is 130 cm³/mol. The number of piperidine rings is 1. The number of likely N-dealkylation sites (tertiary alicyclic amines) is 1. The first-order valence-electron chi connectivity index (χ1n) is 10.8. The average molecular weight is 507 g/mol. The highest BCUT2D eigenvalue weighted by atomic mass is 35.5. The van der Waals surface area contributed by atoms with Crippen molar-refractivity contribution in [2.24, 2.45) is 0 Å². The standard InChI is InChI=1S/C23H24Cl2N4O3S/c1-2-13-32-23(31)29-7-5-16(6-8-29)21-26-20(15-33-21)22(30)28-11-9-27(10-12-28)17-3-4-18(24)19(25)14-17/h1,3-4,14-16H,5-13H2. The molecule has 2 saturated heterocycles. The number of terminal acetylenes is 1. The maximum absolute atomic E-state index is 13.0. The number of aromatic nitrogens is 1. The van der Waals surface area contributed by atoms with Crippen LogP contribution in [0.4, 0.5) is 10.5 Å². The maximum atomic E-state index is 13.0. The van der Waals surface area contributed by atoms with Crippen molar-refractivity contribution in [1.82, 2.24) is 14.8 Å². The van der Waals surface area contributed by atoms with Crippen LogP contribution in [0.2, 0.25) is 10.0 Å². The molecule has 0 bridgehead atoms. The first-order chi connectivity index (χ1) is 16.0. The molecule has 1 aromatic heterocycles. The van der Waals surface area contributed by atoms with Gasteiger partial charge in [-0.25, -0.2) is 9.78 Å². The summed E-state index contributed by atoms with van der Waals surface area (Å²) in [5.41, 5.74) is 1.50. The molecule has 10 heteroatoms. The number of piperazine rings is 1. The number of carbonyl (C=O) groups excluding carboxylic acids is 2. The second-order valence-electron chi connectivity index (χ2n) is 7.97. The summed E-state index contributed by atoms with van der Waals surface area (Å²) in [7, 11) is 0. The number of amides is 2. The molecular formula is C23H24Cl2N4O3S. The van der Waals surface area contributed by atoms with E-state index in [0.717, 1.165) is 36.6 Å². The quantitative estimate of drug-likeness (QED) is 0.576. The van der Waals surface area contributed by atoms with Crippen molar-refractivity contribution >= 4 is 52.2 Å². The van der Waals surface area contributed by atoms with Crippen LogP contribution < -0.4 is 4.90 Å². The van der Waals surface area contributed by atoms with Crippen LogP contribution in [0.5, 0.6) is 0 Å². The zero-order valence-electron chi connectivity index (χ0n) is 18.0. The molecule has 4 rings (SSSR count). The fraction of sp³-hybridized carbons (Fsp3) is 0.435. The van der Waals surface area contributed by atoms with Crippen LogP contribution in [0.1, 0.15) is 34.3 Å². The highest BCUT2D eigenvalue weighted by Gasteiger charge is 2.29. The molecule has 2 aliphatic heterocycles. The van der Waals surface area contributed by atoms with E-state index in [4.69, 9.17) is 34.4 Å². The van der Waals surface area contributed by atoms with E-state index in [0.29, 0.717) is 41.9 Å². The van der Waals surface area contributed by atoms with E-state index in [-0.39, 0.29) is 24.5 Å². The van der Waals surface area contributed by atoms with Gasteiger partial charge in [0.25, 0.3) is 5.91 Å². The van der Waals surface area contributed by atoms with Gasteiger partial charge in [-0.15, -0.1) is 17.8 Å². The van der Waals surface area contributed by atoms with Gasteiger partial charge in [0.15, 0.2) is 6.61 Å². The largest absolute Gasteiger partial charge is 0.436 e. The van der Waals surface area contributed by atoms with Crippen molar-refractivity contribution in [3.05, 3.63) is 44.3 Å². The van der Waals surface area contributed by atoms with Gasteiger partial charge in [0.1, 0.15) is 5.69 Å². The molecule has 2 amide bonds. The molecule has 33 heavy (non-hydrogen) atoms. The van der Waals surface area contributed by atoms with Crippen LogP contribution in [0.3, 0.4) is 0 Å². The van der Waals surface area contributed by atoms with Gasteiger partial charge in [-0.2, -0.15) is 0 Å². The van der Waals surface area contributed by atoms with E-state index in [9.17, 15) is 9.59 Å². The normalized spacial score (nSPS) is 17.1. The van der Waals surface area contributed by atoms with Crippen LogP contribution in [0.25, 0.3) is 0 Å². The minimum absolute atomic E-state index is 0.0155. The summed E-state index contributed by atoms with van der Waals surface area (Å²) in [4.78, 5) is 35.3. The summed E-state index contributed by atoms with van der Waals surface area (Å²) < 4.78 is 4.99. The van der Waals surface area contributed by atoms with Crippen molar-refractivity contribution in [2.75, 3.05) is 50.8 Å². The Morgan fingerprint density at radius 1 is 1.09 bits per heavy atom. The van der Waals surface area contributed by atoms with Crippen LogP contribution in [0.15, 0.2) is 23.6 Å². The Labute approximate surface area is 207 Å². The molecule has 1 aromatic carbocycles. The zero-order valence-corrected chi connectivity index (χ0v) is 20.3.